The van der Waals surface area contributed by atoms with Crippen LogP contribution in [-0.2, 0) is 0 Å². The van der Waals surface area contributed by atoms with Crippen LogP contribution in [0.25, 0.3) is 0 Å². The zero-order valence-electron chi connectivity index (χ0n) is 4.83. The molecule has 1 aromatic carbocycles. The summed E-state index contributed by atoms with van der Waals surface area (Å²) in [6.07, 6.45) is 5.06. The van der Waals surface area contributed by atoms with Gasteiger partial charge in [0, 0.05) is 5.56 Å². The van der Waals surface area contributed by atoms with Crippen LogP contribution in [0.4, 0.5) is 0 Å². The van der Waals surface area contributed by atoms with E-state index in [2.05, 4.69) is 5.92 Å². The fourth-order valence-electron chi connectivity index (χ4n) is 0.596. The molecule has 46 valence electrons. The molecule has 0 radical (unpaired) electrons. The van der Waals surface area contributed by atoms with E-state index in [-0.39, 0.29) is 35.3 Å². The normalized spacial score (nSPS) is 7.50. The van der Waals surface area contributed by atoms with Crippen molar-refractivity contribution in [2.24, 2.45) is 0 Å². The van der Waals surface area contributed by atoms with Crippen molar-refractivity contribution in [3.05, 3.63) is 29.8 Å². The van der Waals surface area contributed by atoms with E-state index in [9.17, 15) is 0 Å². The first-order chi connectivity index (χ1) is 4.33. The monoisotopic (exact) mass is 142 g/mol. The molecule has 0 aliphatic carbocycles. The number of aromatic hydroxyl groups is 1. The van der Waals surface area contributed by atoms with Crippen LogP contribution in [0.1, 0.15) is 5.56 Å². The van der Waals surface area contributed by atoms with E-state index in [0.717, 1.165) is 0 Å². The summed E-state index contributed by atoms with van der Waals surface area (Å²) in [5, 5.41) is 8.85. The molecule has 0 saturated heterocycles. The van der Waals surface area contributed by atoms with E-state index < -0.39 is 0 Å². The van der Waals surface area contributed by atoms with Crippen LogP contribution in [0.5, 0.6) is 5.75 Å². The van der Waals surface area contributed by atoms with Crippen molar-refractivity contribution in [1.82, 2.24) is 0 Å². The Kier molecular flexibility index (Phi) is 4.22. The fraction of sp³-hybridized carbons (Fsp3) is 0. The summed E-state index contributed by atoms with van der Waals surface area (Å²) in [7, 11) is 0. The Morgan fingerprint density at radius 1 is 1.40 bits per heavy atom. The molecule has 0 amide bonds. The number of hydrogen-bond acceptors (Lipinski definition) is 1. The van der Waals surface area contributed by atoms with Gasteiger partial charge in [-0.3, -0.25) is 0 Å². The van der Waals surface area contributed by atoms with Gasteiger partial charge in [0.15, 0.2) is 0 Å². The molecule has 0 bridgehead atoms. The minimum atomic E-state index is 0. The number of rotatable bonds is 0. The second-order valence-electron chi connectivity index (χ2n) is 1.69. The van der Waals surface area contributed by atoms with Crippen molar-refractivity contribution < 1.29 is 5.11 Å². The molecule has 0 aromatic heterocycles. The van der Waals surface area contributed by atoms with E-state index in [4.69, 9.17) is 11.5 Å². The SMILES string of the molecule is C#Cc1cccc(O)c1.[NaH]. The van der Waals surface area contributed by atoms with Gasteiger partial charge < -0.3 is 5.11 Å². The molecule has 1 rings (SSSR count). The molecule has 0 unspecified atom stereocenters. The van der Waals surface area contributed by atoms with E-state index in [1.807, 2.05) is 0 Å². The molecule has 0 fully saturated rings. The number of terminal acetylenes is 1. The summed E-state index contributed by atoms with van der Waals surface area (Å²) < 4.78 is 0. The van der Waals surface area contributed by atoms with Crippen molar-refractivity contribution in [2.45, 2.75) is 0 Å². The molecule has 1 N–H and O–H groups in total. The molecule has 1 nitrogen and oxygen atoms in total. The molecule has 0 saturated carbocycles. The average Bonchev–Trinajstić information content (AvgIpc) is 1.88. The zero-order valence-corrected chi connectivity index (χ0v) is 4.83. The molecule has 0 aliphatic heterocycles. The van der Waals surface area contributed by atoms with Crippen molar-refractivity contribution in [3.63, 3.8) is 0 Å². The number of phenols is 1. The maximum atomic E-state index is 8.85. The van der Waals surface area contributed by atoms with Crippen LogP contribution in [-0.4, -0.2) is 34.7 Å². The number of hydrogen-bond donors (Lipinski definition) is 1. The van der Waals surface area contributed by atoms with Gasteiger partial charge in [-0.15, -0.1) is 6.42 Å². The molecule has 2 heteroatoms. The Morgan fingerprint density at radius 2 is 2.10 bits per heavy atom. The molecule has 0 aliphatic rings. The Balaban J connectivity index is 0.000000810. The first kappa shape index (κ1) is 9.58. The summed E-state index contributed by atoms with van der Waals surface area (Å²) in [4.78, 5) is 0. The van der Waals surface area contributed by atoms with Crippen molar-refractivity contribution in [1.29, 1.82) is 0 Å². The third-order valence-corrected chi connectivity index (χ3v) is 1.01. The van der Waals surface area contributed by atoms with Crippen LogP contribution >= 0.6 is 0 Å². The van der Waals surface area contributed by atoms with Crippen LogP contribution in [0.3, 0.4) is 0 Å². The van der Waals surface area contributed by atoms with Gasteiger partial charge in [0.1, 0.15) is 5.75 Å². The number of phenolic OH excluding ortho intramolecular Hbond substituents is 1. The van der Waals surface area contributed by atoms with E-state index >= 15 is 0 Å². The van der Waals surface area contributed by atoms with Crippen LogP contribution in [0.2, 0.25) is 0 Å². The summed E-state index contributed by atoms with van der Waals surface area (Å²) in [6, 6.07) is 6.60. The molecule has 0 heterocycles. The van der Waals surface area contributed by atoms with Crippen LogP contribution in [0, 0.1) is 12.3 Å². The first-order valence-corrected chi connectivity index (χ1v) is 2.58. The van der Waals surface area contributed by atoms with Crippen LogP contribution in [0.15, 0.2) is 24.3 Å². The Morgan fingerprint density at radius 3 is 2.50 bits per heavy atom. The van der Waals surface area contributed by atoms with Gasteiger partial charge in [-0.1, -0.05) is 12.0 Å². The molecular weight excluding hydrogens is 135 g/mol. The van der Waals surface area contributed by atoms with Gasteiger partial charge in [0.2, 0.25) is 0 Å². The third kappa shape index (κ3) is 2.45. The van der Waals surface area contributed by atoms with Gasteiger partial charge in [-0.25, -0.2) is 0 Å². The topological polar surface area (TPSA) is 20.2 Å². The molecule has 10 heavy (non-hydrogen) atoms. The maximum absolute atomic E-state index is 8.85. The molecule has 1 aromatic rings. The Labute approximate surface area is 82.4 Å². The van der Waals surface area contributed by atoms with Crippen molar-refractivity contribution in [3.8, 4) is 18.1 Å². The van der Waals surface area contributed by atoms with E-state index in [1.165, 1.54) is 0 Å². The standard InChI is InChI=1S/C8H6O.Na.H/c1-2-7-4-3-5-8(9)6-7;;/h1,3-6,9H;;. The van der Waals surface area contributed by atoms with Crippen molar-refractivity contribution in [2.75, 3.05) is 0 Å². The predicted molar refractivity (Wildman–Crippen MR) is 43.2 cm³/mol. The van der Waals surface area contributed by atoms with Gasteiger partial charge in [0.05, 0.1) is 0 Å². The van der Waals surface area contributed by atoms with Crippen molar-refractivity contribution >= 4 is 29.6 Å². The second kappa shape index (κ2) is 4.40. The zero-order chi connectivity index (χ0) is 6.69. The Hall–Kier alpha value is -0.420. The summed E-state index contributed by atoms with van der Waals surface area (Å²) >= 11 is 0. The van der Waals surface area contributed by atoms with E-state index in [0.29, 0.717) is 5.56 Å². The average molecular weight is 142 g/mol. The molecule has 0 atom stereocenters. The van der Waals surface area contributed by atoms with Gasteiger partial charge in [0.25, 0.3) is 0 Å². The minimum absolute atomic E-state index is 0. The van der Waals surface area contributed by atoms with Crippen LogP contribution < -0.4 is 0 Å². The fourth-order valence-corrected chi connectivity index (χ4v) is 0.596. The van der Waals surface area contributed by atoms with Gasteiger partial charge >= 0.3 is 29.6 Å². The summed E-state index contributed by atoms with van der Waals surface area (Å²) in [5.74, 6) is 2.62. The summed E-state index contributed by atoms with van der Waals surface area (Å²) in [6.45, 7) is 0. The number of benzene rings is 1. The predicted octanol–water partition coefficient (Wildman–Crippen LogP) is 0.725. The quantitative estimate of drug-likeness (QED) is 0.418. The Bertz CT molecular complexity index is 250. The second-order valence-corrected chi connectivity index (χ2v) is 1.69. The van der Waals surface area contributed by atoms with Gasteiger partial charge in [-0.05, 0) is 18.2 Å². The van der Waals surface area contributed by atoms with Gasteiger partial charge in [-0.2, -0.15) is 0 Å². The third-order valence-electron chi connectivity index (χ3n) is 1.01. The molecule has 0 spiro atoms. The first-order valence-electron chi connectivity index (χ1n) is 2.58. The van der Waals surface area contributed by atoms with E-state index in [1.54, 1.807) is 24.3 Å². The molecular formula is C8H7NaO. The summed E-state index contributed by atoms with van der Waals surface area (Å²) in [5.41, 5.74) is 0.704.